The molecule has 158 valence electrons. The van der Waals surface area contributed by atoms with Crippen molar-refractivity contribution < 1.29 is 38.0 Å². The highest BCUT2D eigenvalue weighted by Gasteiger charge is 2.36. The van der Waals surface area contributed by atoms with E-state index < -0.39 is 23.8 Å². The zero-order chi connectivity index (χ0) is 21.1. The third kappa shape index (κ3) is 3.98. The summed E-state index contributed by atoms with van der Waals surface area (Å²) >= 11 is 0. The van der Waals surface area contributed by atoms with Crippen molar-refractivity contribution in [3.8, 4) is 23.0 Å². The van der Waals surface area contributed by atoms with Crippen molar-refractivity contribution >= 4 is 11.9 Å². The van der Waals surface area contributed by atoms with Crippen molar-refractivity contribution in [2.75, 3.05) is 27.8 Å². The standard InChI is InChI=1S/C22H22O8/c1-25-21(23)15(7-13-3-5-17-19(9-13)29-11-27-17)16(22(24)26-2)8-14-4-6-18-20(10-14)30-12-28-18/h3-6,9-10,15-16H,7-8,11-12H2,1-2H3/t15-,16-/m1/s1. The van der Waals surface area contributed by atoms with Crippen molar-refractivity contribution in [3.05, 3.63) is 47.5 Å². The molecular weight excluding hydrogens is 392 g/mol. The summed E-state index contributed by atoms with van der Waals surface area (Å²) < 4.78 is 31.5. The minimum atomic E-state index is -0.742. The van der Waals surface area contributed by atoms with Crippen molar-refractivity contribution in [2.45, 2.75) is 12.8 Å². The number of ether oxygens (including phenoxy) is 6. The molecule has 2 aliphatic heterocycles. The Morgan fingerprint density at radius 2 is 1.13 bits per heavy atom. The van der Waals surface area contributed by atoms with Crippen LogP contribution in [0.25, 0.3) is 0 Å². The fourth-order valence-electron chi connectivity index (χ4n) is 3.73. The van der Waals surface area contributed by atoms with E-state index in [4.69, 9.17) is 28.4 Å². The van der Waals surface area contributed by atoms with Crippen LogP contribution in [0.5, 0.6) is 23.0 Å². The van der Waals surface area contributed by atoms with Gasteiger partial charge in [-0.25, -0.2) is 0 Å². The molecule has 2 atom stereocenters. The van der Waals surface area contributed by atoms with E-state index in [2.05, 4.69) is 0 Å². The van der Waals surface area contributed by atoms with Crippen molar-refractivity contribution in [1.29, 1.82) is 0 Å². The largest absolute Gasteiger partial charge is 0.469 e. The summed E-state index contributed by atoms with van der Waals surface area (Å²) in [6.45, 7) is 0.322. The number of esters is 2. The lowest BCUT2D eigenvalue weighted by Gasteiger charge is -2.23. The third-order valence-corrected chi connectivity index (χ3v) is 5.28. The molecule has 0 saturated heterocycles. The van der Waals surface area contributed by atoms with Crippen LogP contribution in [-0.2, 0) is 31.9 Å². The first-order valence-corrected chi connectivity index (χ1v) is 9.51. The maximum Gasteiger partial charge on any atom is 0.309 e. The highest BCUT2D eigenvalue weighted by atomic mass is 16.7. The molecule has 0 saturated carbocycles. The van der Waals surface area contributed by atoms with E-state index in [9.17, 15) is 9.59 Å². The van der Waals surface area contributed by atoms with Gasteiger partial charge in [-0.2, -0.15) is 0 Å². The summed E-state index contributed by atoms with van der Waals surface area (Å²) in [5.74, 6) is 0.0774. The lowest BCUT2D eigenvalue weighted by Crippen LogP contribution is -2.34. The summed E-state index contributed by atoms with van der Waals surface area (Å²) in [6.07, 6.45) is 0.571. The summed E-state index contributed by atoms with van der Waals surface area (Å²) in [5, 5.41) is 0. The van der Waals surface area contributed by atoms with E-state index in [0.29, 0.717) is 23.0 Å². The number of hydrogen-bond acceptors (Lipinski definition) is 8. The lowest BCUT2D eigenvalue weighted by molar-refractivity contribution is -0.157. The molecule has 2 aromatic rings. The summed E-state index contributed by atoms with van der Waals surface area (Å²) in [7, 11) is 2.62. The topological polar surface area (TPSA) is 89.5 Å². The van der Waals surface area contributed by atoms with Gasteiger partial charge >= 0.3 is 11.9 Å². The molecule has 0 aromatic heterocycles. The fourth-order valence-corrected chi connectivity index (χ4v) is 3.73. The summed E-state index contributed by atoms with van der Waals surface area (Å²) in [6, 6.07) is 10.9. The van der Waals surface area contributed by atoms with Crippen LogP contribution in [0.4, 0.5) is 0 Å². The van der Waals surface area contributed by atoms with Crippen LogP contribution in [0, 0.1) is 11.8 Å². The van der Waals surface area contributed by atoms with Gasteiger partial charge in [-0.15, -0.1) is 0 Å². The number of carbonyl (C=O) groups is 2. The van der Waals surface area contributed by atoms with E-state index in [1.807, 2.05) is 24.3 Å². The molecule has 0 amide bonds. The van der Waals surface area contributed by atoms with Gasteiger partial charge in [0.15, 0.2) is 23.0 Å². The van der Waals surface area contributed by atoms with Crippen molar-refractivity contribution in [3.63, 3.8) is 0 Å². The Kier molecular flexibility index (Phi) is 5.65. The number of fused-ring (bicyclic) bond motifs is 2. The van der Waals surface area contributed by atoms with Gasteiger partial charge in [0.25, 0.3) is 0 Å². The maximum absolute atomic E-state index is 12.7. The summed E-state index contributed by atoms with van der Waals surface area (Å²) in [5.41, 5.74) is 1.66. The van der Waals surface area contributed by atoms with Crippen molar-refractivity contribution in [2.24, 2.45) is 11.8 Å². The zero-order valence-electron chi connectivity index (χ0n) is 16.7. The second-order valence-electron chi connectivity index (χ2n) is 7.04. The molecule has 0 unspecified atom stereocenters. The second kappa shape index (κ2) is 8.52. The number of hydrogen-bond donors (Lipinski definition) is 0. The molecule has 0 spiro atoms. The maximum atomic E-state index is 12.7. The fraction of sp³-hybridized carbons (Fsp3) is 0.364. The molecule has 0 fully saturated rings. The number of carbonyl (C=O) groups excluding carboxylic acids is 2. The molecular formula is C22H22O8. The smallest absolute Gasteiger partial charge is 0.309 e. The molecule has 2 aliphatic rings. The normalized spacial score (nSPS) is 15.4. The van der Waals surface area contributed by atoms with Gasteiger partial charge in [0.05, 0.1) is 26.1 Å². The number of rotatable bonds is 7. The monoisotopic (exact) mass is 414 g/mol. The Hall–Kier alpha value is -3.42. The Morgan fingerprint density at radius 3 is 1.53 bits per heavy atom. The van der Waals surface area contributed by atoms with E-state index >= 15 is 0 Å². The SMILES string of the molecule is COC(=O)[C@H](Cc1ccc2c(c1)OCO2)[C@@H](Cc1ccc2c(c1)OCO2)C(=O)OC. The van der Waals surface area contributed by atoms with Crippen LogP contribution >= 0.6 is 0 Å². The number of methoxy groups -OCH3 is 2. The Labute approximate surface area is 173 Å². The molecule has 8 nitrogen and oxygen atoms in total. The molecule has 0 radical (unpaired) electrons. The van der Waals surface area contributed by atoms with E-state index in [0.717, 1.165) is 11.1 Å². The van der Waals surface area contributed by atoms with Gasteiger partial charge in [0.1, 0.15) is 0 Å². The predicted octanol–water partition coefficient (Wildman–Crippen LogP) is 2.51. The molecule has 30 heavy (non-hydrogen) atoms. The Balaban J connectivity index is 1.61. The highest BCUT2D eigenvalue weighted by molar-refractivity contribution is 5.82. The lowest BCUT2D eigenvalue weighted by atomic mass is 9.82. The Bertz CT molecular complexity index is 877. The molecule has 0 bridgehead atoms. The first kappa shape index (κ1) is 19.9. The van der Waals surface area contributed by atoms with Gasteiger partial charge < -0.3 is 28.4 Å². The molecule has 8 heteroatoms. The van der Waals surface area contributed by atoms with Gasteiger partial charge in [0.2, 0.25) is 13.6 Å². The van der Waals surface area contributed by atoms with Crippen LogP contribution in [0.15, 0.2) is 36.4 Å². The van der Waals surface area contributed by atoms with E-state index in [1.165, 1.54) is 14.2 Å². The second-order valence-corrected chi connectivity index (χ2v) is 7.04. The van der Waals surface area contributed by atoms with Crippen LogP contribution < -0.4 is 18.9 Å². The highest BCUT2D eigenvalue weighted by Crippen LogP contribution is 2.36. The van der Waals surface area contributed by atoms with Crippen LogP contribution in [0.2, 0.25) is 0 Å². The first-order valence-electron chi connectivity index (χ1n) is 9.51. The molecule has 2 heterocycles. The zero-order valence-corrected chi connectivity index (χ0v) is 16.7. The summed E-state index contributed by atoms with van der Waals surface area (Å²) in [4.78, 5) is 25.3. The quantitative estimate of drug-likeness (QED) is 0.639. The van der Waals surface area contributed by atoms with Gasteiger partial charge in [-0.1, -0.05) is 12.1 Å². The molecule has 4 rings (SSSR count). The van der Waals surface area contributed by atoms with Crippen LogP contribution in [0.3, 0.4) is 0 Å². The van der Waals surface area contributed by atoms with E-state index in [1.54, 1.807) is 12.1 Å². The van der Waals surface area contributed by atoms with E-state index in [-0.39, 0.29) is 26.4 Å². The predicted molar refractivity (Wildman–Crippen MR) is 104 cm³/mol. The van der Waals surface area contributed by atoms with Gasteiger partial charge in [0, 0.05) is 0 Å². The van der Waals surface area contributed by atoms with Crippen molar-refractivity contribution in [1.82, 2.24) is 0 Å². The average Bonchev–Trinajstić information content (AvgIpc) is 3.43. The molecule has 0 N–H and O–H groups in total. The molecule has 0 aliphatic carbocycles. The minimum Gasteiger partial charge on any atom is -0.469 e. The van der Waals surface area contributed by atoms with Crippen LogP contribution in [0.1, 0.15) is 11.1 Å². The molecule has 2 aromatic carbocycles. The number of benzene rings is 2. The average molecular weight is 414 g/mol. The van der Waals surface area contributed by atoms with Gasteiger partial charge in [-0.3, -0.25) is 9.59 Å². The van der Waals surface area contributed by atoms with Gasteiger partial charge in [-0.05, 0) is 48.2 Å². The first-order chi connectivity index (χ1) is 14.6. The Morgan fingerprint density at radius 1 is 0.733 bits per heavy atom. The minimum absolute atomic E-state index is 0.161. The van der Waals surface area contributed by atoms with Crippen LogP contribution in [-0.4, -0.2) is 39.7 Å². The third-order valence-electron chi connectivity index (χ3n) is 5.28.